The van der Waals surface area contributed by atoms with Gasteiger partial charge in [-0.05, 0) is 36.6 Å². The predicted molar refractivity (Wildman–Crippen MR) is 58.1 cm³/mol. The topological polar surface area (TPSA) is 0 Å². The lowest BCUT2D eigenvalue weighted by molar-refractivity contribution is 0.309. The standard InChI is InChI=1S/C10H13BrS/c11-10(8-3-1-4-8)7-9-5-2-6-12-9/h2,5-6,8,10H,1,3-4,7H2. The van der Waals surface area contributed by atoms with Crippen LogP contribution in [0.3, 0.4) is 0 Å². The summed E-state index contributed by atoms with van der Waals surface area (Å²) in [4.78, 5) is 2.24. The summed E-state index contributed by atoms with van der Waals surface area (Å²) in [6.45, 7) is 0. The first-order valence-electron chi connectivity index (χ1n) is 4.53. The monoisotopic (exact) mass is 244 g/mol. The summed E-state index contributed by atoms with van der Waals surface area (Å²) in [5, 5.41) is 2.16. The minimum absolute atomic E-state index is 0.727. The third kappa shape index (κ3) is 1.91. The van der Waals surface area contributed by atoms with E-state index < -0.39 is 0 Å². The van der Waals surface area contributed by atoms with Gasteiger partial charge in [-0.3, -0.25) is 0 Å². The zero-order chi connectivity index (χ0) is 8.39. The normalized spacial score (nSPS) is 20.4. The summed E-state index contributed by atoms with van der Waals surface area (Å²) in [7, 11) is 0. The first-order valence-corrected chi connectivity index (χ1v) is 6.32. The van der Waals surface area contributed by atoms with Gasteiger partial charge in [0.15, 0.2) is 0 Å². The van der Waals surface area contributed by atoms with E-state index in [9.17, 15) is 0 Å². The van der Waals surface area contributed by atoms with Gasteiger partial charge in [0.05, 0.1) is 0 Å². The van der Waals surface area contributed by atoms with Crippen LogP contribution in [0.5, 0.6) is 0 Å². The third-order valence-electron chi connectivity index (χ3n) is 2.64. The Balaban J connectivity index is 1.86. The van der Waals surface area contributed by atoms with Crippen molar-refractivity contribution in [3.05, 3.63) is 22.4 Å². The van der Waals surface area contributed by atoms with Crippen LogP contribution in [0, 0.1) is 5.92 Å². The number of rotatable bonds is 3. The second-order valence-electron chi connectivity index (χ2n) is 3.49. The first-order chi connectivity index (χ1) is 5.86. The van der Waals surface area contributed by atoms with Gasteiger partial charge in [0, 0.05) is 9.70 Å². The van der Waals surface area contributed by atoms with E-state index in [1.165, 1.54) is 30.6 Å². The lowest BCUT2D eigenvalue weighted by Crippen LogP contribution is -2.23. The molecular formula is C10H13BrS. The van der Waals surface area contributed by atoms with E-state index in [1.54, 1.807) is 0 Å². The molecule has 1 heterocycles. The molecule has 2 heteroatoms. The lowest BCUT2D eigenvalue weighted by Gasteiger charge is -2.29. The SMILES string of the molecule is BrC(Cc1cccs1)C1CCC1. The average molecular weight is 245 g/mol. The number of hydrogen-bond donors (Lipinski definition) is 0. The highest BCUT2D eigenvalue weighted by Gasteiger charge is 2.25. The lowest BCUT2D eigenvalue weighted by atomic mass is 9.82. The van der Waals surface area contributed by atoms with E-state index in [-0.39, 0.29) is 0 Å². The summed E-state index contributed by atoms with van der Waals surface area (Å²) in [5.41, 5.74) is 0. The molecule has 2 rings (SSSR count). The van der Waals surface area contributed by atoms with Crippen molar-refractivity contribution < 1.29 is 0 Å². The Morgan fingerprint density at radius 1 is 1.58 bits per heavy atom. The van der Waals surface area contributed by atoms with E-state index in [1.807, 2.05) is 11.3 Å². The molecule has 1 aliphatic rings. The molecule has 1 aromatic heterocycles. The molecule has 0 bridgehead atoms. The minimum Gasteiger partial charge on any atom is -0.149 e. The van der Waals surface area contributed by atoms with Crippen molar-refractivity contribution >= 4 is 27.3 Å². The Labute approximate surface area is 86.1 Å². The van der Waals surface area contributed by atoms with E-state index in [0.717, 1.165) is 10.7 Å². The van der Waals surface area contributed by atoms with Crippen molar-refractivity contribution in [1.82, 2.24) is 0 Å². The molecule has 1 saturated carbocycles. The van der Waals surface area contributed by atoms with Gasteiger partial charge in [-0.25, -0.2) is 0 Å². The average Bonchev–Trinajstić information content (AvgIpc) is 2.34. The highest BCUT2D eigenvalue weighted by atomic mass is 79.9. The maximum absolute atomic E-state index is 3.78. The molecule has 1 fully saturated rings. The van der Waals surface area contributed by atoms with E-state index in [2.05, 4.69) is 33.4 Å². The van der Waals surface area contributed by atoms with Crippen LogP contribution < -0.4 is 0 Å². The third-order valence-corrected chi connectivity index (χ3v) is 4.61. The van der Waals surface area contributed by atoms with Gasteiger partial charge in [0.25, 0.3) is 0 Å². The van der Waals surface area contributed by atoms with Gasteiger partial charge in [-0.1, -0.05) is 28.4 Å². The Bertz CT molecular complexity index is 226. The molecule has 1 aliphatic carbocycles. The van der Waals surface area contributed by atoms with E-state index >= 15 is 0 Å². The van der Waals surface area contributed by atoms with Gasteiger partial charge in [0.1, 0.15) is 0 Å². The minimum atomic E-state index is 0.727. The molecule has 0 saturated heterocycles. The highest BCUT2D eigenvalue weighted by Crippen LogP contribution is 2.35. The molecule has 1 aromatic rings. The molecule has 0 radical (unpaired) electrons. The number of hydrogen-bond acceptors (Lipinski definition) is 1. The zero-order valence-electron chi connectivity index (χ0n) is 7.00. The molecule has 0 aliphatic heterocycles. The van der Waals surface area contributed by atoms with Gasteiger partial charge >= 0.3 is 0 Å². The quantitative estimate of drug-likeness (QED) is 0.709. The molecule has 0 N–H and O–H groups in total. The van der Waals surface area contributed by atoms with Crippen LogP contribution in [0.2, 0.25) is 0 Å². The first kappa shape index (κ1) is 8.76. The summed E-state index contributed by atoms with van der Waals surface area (Å²) >= 11 is 5.66. The van der Waals surface area contributed by atoms with Crippen molar-refractivity contribution in [2.45, 2.75) is 30.5 Å². The van der Waals surface area contributed by atoms with Crippen LogP contribution in [-0.2, 0) is 6.42 Å². The van der Waals surface area contributed by atoms with Gasteiger partial charge in [0.2, 0.25) is 0 Å². The van der Waals surface area contributed by atoms with Crippen molar-refractivity contribution in [3.63, 3.8) is 0 Å². The Morgan fingerprint density at radius 2 is 2.42 bits per heavy atom. The maximum Gasteiger partial charge on any atom is 0.0222 e. The zero-order valence-corrected chi connectivity index (χ0v) is 9.40. The smallest absolute Gasteiger partial charge is 0.0222 e. The Kier molecular flexibility index (Phi) is 2.87. The molecule has 1 atom stereocenters. The summed E-state index contributed by atoms with van der Waals surface area (Å²) < 4.78 is 0. The molecule has 0 amide bonds. The maximum atomic E-state index is 3.78. The van der Waals surface area contributed by atoms with Crippen LogP contribution in [0.15, 0.2) is 17.5 Å². The summed E-state index contributed by atoms with van der Waals surface area (Å²) in [5.74, 6) is 0.951. The Hall–Kier alpha value is 0.180. The van der Waals surface area contributed by atoms with E-state index in [4.69, 9.17) is 0 Å². The summed E-state index contributed by atoms with van der Waals surface area (Å²) in [6.07, 6.45) is 5.53. The Morgan fingerprint density at radius 3 is 2.92 bits per heavy atom. The number of alkyl halides is 1. The molecule has 0 aromatic carbocycles. The van der Waals surface area contributed by atoms with Crippen LogP contribution in [-0.4, -0.2) is 4.83 Å². The van der Waals surface area contributed by atoms with Gasteiger partial charge < -0.3 is 0 Å². The molecule has 1 unspecified atom stereocenters. The molecule has 0 spiro atoms. The van der Waals surface area contributed by atoms with Crippen LogP contribution >= 0.6 is 27.3 Å². The summed E-state index contributed by atoms with van der Waals surface area (Å²) in [6, 6.07) is 4.37. The fourth-order valence-corrected chi connectivity index (χ4v) is 3.45. The molecule has 66 valence electrons. The van der Waals surface area contributed by atoms with Crippen molar-refractivity contribution in [2.24, 2.45) is 5.92 Å². The van der Waals surface area contributed by atoms with Gasteiger partial charge in [-0.15, -0.1) is 11.3 Å². The molecule has 0 nitrogen and oxygen atoms in total. The van der Waals surface area contributed by atoms with Crippen LogP contribution in [0.4, 0.5) is 0 Å². The van der Waals surface area contributed by atoms with Crippen LogP contribution in [0.1, 0.15) is 24.1 Å². The largest absolute Gasteiger partial charge is 0.149 e. The fourth-order valence-electron chi connectivity index (χ4n) is 1.59. The number of thiophene rings is 1. The predicted octanol–water partition coefficient (Wildman–Crippen LogP) is 3.85. The fraction of sp³-hybridized carbons (Fsp3) is 0.600. The molecule has 12 heavy (non-hydrogen) atoms. The van der Waals surface area contributed by atoms with Gasteiger partial charge in [-0.2, -0.15) is 0 Å². The number of halogens is 1. The van der Waals surface area contributed by atoms with E-state index in [0.29, 0.717) is 0 Å². The van der Waals surface area contributed by atoms with Crippen molar-refractivity contribution in [1.29, 1.82) is 0 Å². The molecular weight excluding hydrogens is 232 g/mol. The van der Waals surface area contributed by atoms with Crippen molar-refractivity contribution in [3.8, 4) is 0 Å². The highest BCUT2D eigenvalue weighted by molar-refractivity contribution is 9.09. The van der Waals surface area contributed by atoms with Crippen LogP contribution in [0.25, 0.3) is 0 Å². The second kappa shape index (κ2) is 3.93. The van der Waals surface area contributed by atoms with Crippen molar-refractivity contribution in [2.75, 3.05) is 0 Å². The second-order valence-corrected chi connectivity index (χ2v) is 5.70.